The Bertz CT molecular complexity index is 792. The van der Waals surface area contributed by atoms with E-state index in [9.17, 15) is 15.3 Å². The first-order chi connectivity index (χ1) is 10.5. The lowest BCUT2D eigenvalue weighted by Crippen LogP contribution is -2.29. The Labute approximate surface area is 137 Å². The maximum absolute atomic E-state index is 12.2. The molecule has 0 amide bonds. The lowest BCUT2D eigenvalue weighted by Gasteiger charge is -2.20. The van der Waals surface area contributed by atoms with Gasteiger partial charge in [0, 0.05) is 15.6 Å². The molecule has 0 N–H and O–H groups in total. The molecule has 0 fully saturated rings. The SMILES string of the molecule is N#CC(C#N)(OC(=O)c1cccc(Cl)c1)c1cccc(Cl)c1. The molecule has 108 valence electrons. The standard InChI is InChI=1S/C16H8Cl2N2O2/c17-13-5-1-3-11(7-13)15(21)22-16(9-19,10-20)12-4-2-6-14(18)8-12/h1-8H. The number of rotatable bonds is 3. The molecule has 0 heterocycles. The first kappa shape index (κ1) is 15.9. The highest BCUT2D eigenvalue weighted by Crippen LogP contribution is 2.28. The Morgan fingerprint density at radius 3 is 2.14 bits per heavy atom. The van der Waals surface area contributed by atoms with Gasteiger partial charge in [-0.25, -0.2) is 4.79 Å². The zero-order valence-corrected chi connectivity index (χ0v) is 12.6. The van der Waals surface area contributed by atoms with Gasteiger partial charge in [-0.15, -0.1) is 0 Å². The average molecular weight is 331 g/mol. The maximum Gasteiger partial charge on any atom is 0.340 e. The van der Waals surface area contributed by atoms with E-state index >= 15 is 0 Å². The molecule has 2 aromatic carbocycles. The molecule has 2 rings (SSSR count). The molecule has 0 bridgehead atoms. The summed E-state index contributed by atoms with van der Waals surface area (Å²) in [5, 5.41) is 19.4. The number of hydrogen-bond donors (Lipinski definition) is 0. The van der Waals surface area contributed by atoms with Crippen molar-refractivity contribution >= 4 is 29.2 Å². The fraction of sp³-hybridized carbons (Fsp3) is 0.0625. The van der Waals surface area contributed by atoms with E-state index < -0.39 is 11.6 Å². The molecule has 4 nitrogen and oxygen atoms in total. The van der Waals surface area contributed by atoms with E-state index in [2.05, 4.69) is 0 Å². The summed E-state index contributed by atoms with van der Waals surface area (Å²) in [6.45, 7) is 0. The molecule has 22 heavy (non-hydrogen) atoms. The van der Waals surface area contributed by atoms with Crippen LogP contribution in [0, 0.1) is 22.7 Å². The van der Waals surface area contributed by atoms with Crippen LogP contribution in [0.15, 0.2) is 48.5 Å². The number of hydrogen-bond acceptors (Lipinski definition) is 4. The Morgan fingerprint density at radius 2 is 1.59 bits per heavy atom. The van der Waals surface area contributed by atoms with Gasteiger partial charge in [0.15, 0.2) is 0 Å². The minimum absolute atomic E-state index is 0.143. The van der Waals surface area contributed by atoms with E-state index in [1.807, 2.05) is 0 Å². The van der Waals surface area contributed by atoms with E-state index in [0.29, 0.717) is 10.0 Å². The highest BCUT2D eigenvalue weighted by atomic mass is 35.5. The van der Waals surface area contributed by atoms with Gasteiger partial charge in [0.05, 0.1) is 5.56 Å². The molecule has 0 aromatic heterocycles. The largest absolute Gasteiger partial charge is 0.422 e. The van der Waals surface area contributed by atoms with Crippen LogP contribution in [-0.4, -0.2) is 5.97 Å². The van der Waals surface area contributed by atoms with E-state index in [1.54, 1.807) is 36.4 Å². The van der Waals surface area contributed by atoms with Crippen molar-refractivity contribution in [2.45, 2.75) is 5.60 Å². The second kappa shape index (κ2) is 6.49. The van der Waals surface area contributed by atoms with Gasteiger partial charge in [-0.1, -0.05) is 41.4 Å². The molecular weight excluding hydrogens is 323 g/mol. The van der Waals surface area contributed by atoms with Crippen molar-refractivity contribution in [1.29, 1.82) is 10.5 Å². The van der Waals surface area contributed by atoms with Crippen LogP contribution in [0.4, 0.5) is 0 Å². The maximum atomic E-state index is 12.2. The van der Waals surface area contributed by atoms with Crippen molar-refractivity contribution in [2.75, 3.05) is 0 Å². The van der Waals surface area contributed by atoms with E-state index in [0.717, 1.165) is 0 Å². The summed E-state index contributed by atoms with van der Waals surface area (Å²) >= 11 is 11.7. The van der Waals surface area contributed by atoms with Gasteiger partial charge in [-0.2, -0.15) is 10.5 Å². The number of carbonyl (C=O) groups is 1. The molecule has 6 heteroatoms. The molecule has 0 atom stereocenters. The number of benzene rings is 2. The third kappa shape index (κ3) is 3.20. The zero-order valence-electron chi connectivity index (χ0n) is 11.1. The van der Waals surface area contributed by atoms with Crippen molar-refractivity contribution in [2.24, 2.45) is 0 Å². The number of ether oxygens (including phenoxy) is 1. The van der Waals surface area contributed by atoms with E-state index in [-0.39, 0.29) is 11.1 Å². The van der Waals surface area contributed by atoms with Crippen LogP contribution in [-0.2, 0) is 10.3 Å². The highest BCUT2D eigenvalue weighted by Gasteiger charge is 2.37. The summed E-state index contributed by atoms with van der Waals surface area (Å²) in [6, 6.07) is 15.5. The van der Waals surface area contributed by atoms with Gasteiger partial charge in [0.2, 0.25) is 0 Å². The van der Waals surface area contributed by atoms with Crippen molar-refractivity contribution in [3.63, 3.8) is 0 Å². The second-order valence-corrected chi connectivity index (χ2v) is 5.19. The molecule has 0 saturated carbocycles. The summed E-state index contributed by atoms with van der Waals surface area (Å²) < 4.78 is 5.14. The molecule has 0 aliphatic heterocycles. The Hall–Kier alpha value is -2.53. The highest BCUT2D eigenvalue weighted by molar-refractivity contribution is 6.31. The molecule has 0 aliphatic carbocycles. The normalized spacial score (nSPS) is 10.4. The molecule has 0 aliphatic rings. The third-order valence-electron chi connectivity index (χ3n) is 2.85. The quantitative estimate of drug-likeness (QED) is 0.794. The summed E-state index contributed by atoms with van der Waals surface area (Å²) in [7, 11) is 0. The lowest BCUT2D eigenvalue weighted by atomic mass is 9.96. The summed E-state index contributed by atoms with van der Waals surface area (Å²) in [5.41, 5.74) is -1.76. The predicted octanol–water partition coefficient (Wildman–Crippen LogP) is 4.09. The number of nitrogens with zero attached hydrogens (tertiary/aromatic N) is 2. The molecule has 0 unspecified atom stereocenters. The van der Waals surface area contributed by atoms with Crippen LogP contribution in [0.3, 0.4) is 0 Å². The summed E-state index contributed by atoms with van der Waals surface area (Å²) in [4.78, 5) is 12.2. The molecule has 0 spiro atoms. The first-order valence-electron chi connectivity index (χ1n) is 6.08. The Kier molecular flexibility index (Phi) is 4.68. The topological polar surface area (TPSA) is 73.9 Å². The Balaban J connectivity index is 2.40. The van der Waals surface area contributed by atoms with Crippen LogP contribution >= 0.6 is 23.2 Å². The van der Waals surface area contributed by atoms with Crippen molar-refractivity contribution in [1.82, 2.24) is 0 Å². The number of halogens is 2. The minimum atomic E-state index is -2.08. The van der Waals surface area contributed by atoms with Gasteiger partial charge in [-0.3, -0.25) is 0 Å². The van der Waals surface area contributed by atoms with Crippen LogP contribution < -0.4 is 0 Å². The van der Waals surface area contributed by atoms with Crippen molar-refractivity contribution in [3.05, 3.63) is 69.7 Å². The zero-order chi connectivity index (χ0) is 16.2. The van der Waals surface area contributed by atoms with Crippen LogP contribution in [0.1, 0.15) is 15.9 Å². The second-order valence-electron chi connectivity index (χ2n) is 4.32. The predicted molar refractivity (Wildman–Crippen MR) is 81.2 cm³/mol. The Morgan fingerprint density at radius 1 is 1.00 bits per heavy atom. The molecule has 0 radical (unpaired) electrons. The van der Waals surface area contributed by atoms with Crippen LogP contribution in [0.25, 0.3) is 0 Å². The average Bonchev–Trinajstić information content (AvgIpc) is 2.52. The van der Waals surface area contributed by atoms with Crippen molar-refractivity contribution in [3.8, 4) is 12.1 Å². The number of nitriles is 2. The van der Waals surface area contributed by atoms with Gasteiger partial charge < -0.3 is 4.74 Å². The summed E-state index contributed by atoms with van der Waals surface area (Å²) in [6.07, 6.45) is 0. The smallest absolute Gasteiger partial charge is 0.340 e. The van der Waals surface area contributed by atoms with Gasteiger partial charge >= 0.3 is 11.6 Å². The van der Waals surface area contributed by atoms with Gasteiger partial charge in [-0.05, 0) is 30.3 Å². The third-order valence-corrected chi connectivity index (χ3v) is 3.32. The summed E-state index contributed by atoms with van der Waals surface area (Å²) in [5.74, 6) is -0.828. The van der Waals surface area contributed by atoms with E-state index in [1.165, 1.54) is 24.3 Å². The van der Waals surface area contributed by atoms with Gasteiger partial charge in [0.1, 0.15) is 12.1 Å². The number of carbonyl (C=O) groups excluding carboxylic acids is 1. The van der Waals surface area contributed by atoms with E-state index in [4.69, 9.17) is 27.9 Å². The first-order valence-corrected chi connectivity index (χ1v) is 6.84. The lowest BCUT2D eigenvalue weighted by molar-refractivity contribution is 0.0238. The fourth-order valence-electron chi connectivity index (χ4n) is 1.78. The minimum Gasteiger partial charge on any atom is -0.422 e. The van der Waals surface area contributed by atoms with Gasteiger partial charge in [0.25, 0.3) is 0 Å². The molecule has 2 aromatic rings. The molecule has 0 saturated heterocycles. The van der Waals surface area contributed by atoms with Crippen LogP contribution in [0.5, 0.6) is 0 Å². The van der Waals surface area contributed by atoms with Crippen LogP contribution in [0.2, 0.25) is 10.0 Å². The fourth-order valence-corrected chi connectivity index (χ4v) is 2.16. The van der Waals surface area contributed by atoms with Crippen molar-refractivity contribution < 1.29 is 9.53 Å². The number of esters is 1. The monoisotopic (exact) mass is 330 g/mol. The molecular formula is C16H8Cl2N2O2.